The number of piperazine rings is 1. The fourth-order valence-electron chi connectivity index (χ4n) is 6.77. The van der Waals surface area contributed by atoms with Crippen LogP contribution in [0.5, 0.6) is 0 Å². The minimum Gasteiger partial charge on any atom is -0.492 e. The van der Waals surface area contributed by atoms with Crippen LogP contribution in [0.15, 0.2) is 56.6 Å². The van der Waals surface area contributed by atoms with Crippen LogP contribution >= 0.6 is 0 Å². The molecule has 11 nitrogen and oxygen atoms in total. The summed E-state index contributed by atoms with van der Waals surface area (Å²) in [6.07, 6.45) is 1.53. The number of ketones is 4. The number of ether oxygens (including phenoxy) is 3. The maximum Gasteiger partial charge on any atom is 0.333 e. The van der Waals surface area contributed by atoms with Crippen molar-refractivity contribution in [1.82, 2.24) is 9.80 Å². The monoisotopic (exact) mass is 564 g/mol. The van der Waals surface area contributed by atoms with Gasteiger partial charge in [0.1, 0.15) is 6.61 Å². The van der Waals surface area contributed by atoms with Gasteiger partial charge in [-0.05, 0) is 41.2 Å². The molecule has 0 unspecified atom stereocenters. The zero-order valence-electron chi connectivity index (χ0n) is 24.1. The maximum absolute atomic E-state index is 14.2. The molecule has 2 bridgehead atoms. The number of allylic oxidation sites excluding steroid dienone is 5. The number of esters is 1. The summed E-state index contributed by atoms with van der Waals surface area (Å²) in [5.41, 5.74) is 1.37. The second kappa shape index (κ2) is 10.1. The minimum atomic E-state index is -1.10. The molecule has 0 aromatic carbocycles. The van der Waals surface area contributed by atoms with Crippen LogP contribution in [0.3, 0.4) is 0 Å². The molecule has 2 aliphatic carbocycles. The molecule has 1 fully saturated rings. The third kappa shape index (κ3) is 3.89. The third-order valence-corrected chi connectivity index (χ3v) is 8.97. The van der Waals surface area contributed by atoms with Crippen molar-refractivity contribution in [3.05, 3.63) is 56.6 Å². The van der Waals surface area contributed by atoms with Crippen LogP contribution in [-0.4, -0.2) is 96.9 Å². The van der Waals surface area contributed by atoms with Crippen LogP contribution < -0.4 is 0 Å². The number of fused-ring (bicyclic) bond motifs is 5. The van der Waals surface area contributed by atoms with Crippen LogP contribution in [0.4, 0.5) is 0 Å². The van der Waals surface area contributed by atoms with E-state index in [1.54, 1.807) is 31.9 Å². The molecule has 0 saturated carbocycles. The molecule has 0 N–H and O–H groups in total. The number of carbonyl (C=O) groups excluding carboxylic acids is 6. The second-order valence-electron chi connectivity index (χ2n) is 10.9. The number of Topliss-reactive ketones (excluding diaryl/α,β-unsaturated/α-hetero) is 4. The van der Waals surface area contributed by atoms with Gasteiger partial charge in [-0.3, -0.25) is 28.9 Å². The topological polar surface area (TPSA) is 137 Å². The van der Waals surface area contributed by atoms with Gasteiger partial charge in [0.05, 0.1) is 38.4 Å². The highest BCUT2D eigenvalue weighted by Gasteiger charge is 2.59. The van der Waals surface area contributed by atoms with Crippen LogP contribution in [0.25, 0.3) is 0 Å². The van der Waals surface area contributed by atoms with Gasteiger partial charge in [-0.2, -0.15) is 0 Å². The standard InChI is InChI=1S/C30H32N2O9/c1-8-12(2)30(38)41-11-19-20-15(23(33)13(3)27(39-6)25(20)35)9-17-22-21-16(10-18(31(22)5)29(37)32(17)19)24(34)14(4)28(40-7)26(21)36/h8,17-19,22H,9-11H2,1-7H3/b12-8-/t17-,18+,19-,22+/m0/s1. The van der Waals surface area contributed by atoms with Gasteiger partial charge in [-0.25, -0.2) is 4.79 Å². The molecule has 3 heterocycles. The molecule has 0 spiro atoms. The molecule has 41 heavy (non-hydrogen) atoms. The minimum absolute atomic E-state index is 0.00536. The molecule has 216 valence electrons. The lowest BCUT2D eigenvalue weighted by Gasteiger charge is -2.57. The van der Waals surface area contributed by atoms with Crippen molar-refractivity contribution in [2.75, 3.05) is 27.9 Å². The average molecular weight is 565 g/mol. The molecule has 0 aromatic heterocycles. The lowest BCUT2D eigenvalue weighted by molar-refractivity contribution is -0.159. The fourth-order valence-corrected chi connectivity index (χ4v) is 6.77. The van der Waals surface area contributed by atoms with E-state index in [9.17, 15) is 28.8 Å². The van der Waals surface area contributed by atoms with E-state index in [0.717, 1.165) is 0 Å². The number of hydrogen-bond donors (Lipinski definition) is 0. The Morgan fingerprint density at radius 1 is 0.878 bits per heavy atom. The van der Waals surface area contributed by atoms with Crippen LogP contribution in [0.2, 0.25) is 0 Å². The van der Waals surface area contributed by atoms with Gasteiger partial charge in [-0.1, -0.05) is 6.08 Å². The van der Waals surface area contributed by atoms with Crippen molar-refractivity contribution < 1.29 is 43.0 Å². The number of hydrogen-bond acceptors (Lipinski definition) is 10. The molecule has 3 aliphatic heterocycles. The van der Waals surface area contributed by atoms with Gasteiger partial charge in [0.15, 0.2) is 23.1 Å². The summed E-state index contributed by atoms with van der Waals surface area (Å²) in [5.74, 6) is -2.97. The Morgan fingerprint density at radius 2 is 1.41 bits per heavy atom. The van der Waals surface area contributed by atoms with Gasteiger partial charge < -0.3 is 19.1 Å². The number of likely N-dealkylation sites (N-methyl/N-ethyl adjacent to an activating group) is 1. The van der Waals surface area contributed by atoms with Gasteiger partial charge in [0.2, 0.25) is 17.5 Å². The van der Waals surface area contributed by atoms with Crippen LogP contribution in [0.1, 0.15) is 40.5 Å². The third-order valence-electron chi connectivity index (χ3n) is 8.97. The Hall–Kier alpha value is -4.12. The first kappa shape index (κ1) is 28.4. The van der Waals surface area contributed by atoms with Crippen molar-refractivity contribution in [2.24, 2.45) is 0 Å². The maximum atomic E-state index is 14.2. The Balaban J connectivity index is 1.68. The van der Waals surface area contributed by atoms with E-state index in [2.05, 4.69) is 0 Å². The number of methoxy groups -OCH3 is 2. The first-order chi connectivity index (χ1) is 19.4. The Labute approximate surface area is 237 Å². The Kier molecular flexibility index (Phi) is 6.97. The molecule has 1 saturated heterocycles. The zero-order chi connectivity index (χ0) is 30.1. The highest BCUT2D eigenvalue weighted by molar-refractivity contribution is 6.27. The molecule has 1 amide bonds. The molecule has 5 rings (SSSR count). The van der Waals surface area contributed by atoms with E-state index in [0.29, 0.717) is 5.57 Å². The smallest absolute Gasteiger partial charge is 0.333 e. The summed E-state index contributed by atoms with van der Waals surface area (Å²) in [5, 5.41) is 0. The summed E-state index contributed by atoms with van der Waals surface area (Å²) in [7, 11) is 4.32. The first-order valence-corrected chi connectivity index (χ1v) is 13.4. The van der Waals surface area contributed by atoms with E-state index in [1.807, 2.05) is 0 Å². The predicted octanol–water partition coefficient (Wildman–Crippen LogP) is 1.29. The van der Waals surface area contributed by atoms with Crippen molar-refractivity contribution in [3.63, 3.8) is 0 Å². The molecule has 5 aliphatic rings. The normalized spacial score (nSPS) is 28.7. The number of nitrogens with zero attached hydrogens (tertiary/aromatic N) is 2. The largest absolute Gasteiger partial charge is 0.492 e. The van der Waals surface area contributed by atoms with E-state index >= 15 is 0 Å². The summed E-state index contributed by atoms with van der Waals surface area (Å²) in [6, 6.07) is -3.48. The highest BCUT2D eigenvalue weighted by Crippen LogP contribution is 2.47. The lowest BCUT2D eigenvalue weighted by Crippen LogP contribution is -2.73. The Bertz CT molecular complexity index is 1500. The van der Waals surface area contributed by atoms with Crippen LogP contribution in [0, 0.1) is 0 Å². The molecule has 4 atom stereocenters. The predicted molar refractivity (Wildman–Crippen MR) is 143 cm³/mol. The summed E-state index contributed by atoms with van der Waals surface area (Å²) < 4.78 is 16.2. The van der Waals surface area contributed by atoms with Crippen molar-refractivity contribution >= 4 is 35.0 Å². The second-order valence-corrected chi connectivity index (χ2v) is 10.9. The van der Waals surface area contributed by atoms with Gasteiger partial charge >= 0.3 is 5.97 Å². The van der Waals surface area contributed by atoms with Crippen LogP contribution in [-0.2, 0) is 43.0 Å². The lowest BCUT2D eigenvalue weighted by atomic mass is 9.69. The van der Waals surface area contributed by atoms with E-state index in [1.165, 1.54) is 33.0 Å². The average Bonchev–Trinajstić information content (AvgIpc) is 2.95. The molecule has 0 aromatic rings. The van der Waals surface area contributed by atoms with Gasteiger partial charge in [0.25, 0.3) is 0 Å². The van der Waals surface area contributed by atoms with E-state index in [4.69, 9.17) is 14.2 Å². The highest BCUT2D eigenvalue weighted by atomic mass is 16.5. The fraction of sp³-hybridized carbons (Fsp3) is 0.467. The summed E-state index contributed by atoms with van der Waals surface area (Å²) in [4.78, 5) is 84.5. The molecular formula is C30H32N2O9. The van der Waals surface area contributed by atoms with Crippen molar-refractivity contribution in [2.45, 2.75) is 64.7 Å². The van der Waals surface area contributed by atoms with E-state index in [-0.39, 0.29) is 76.1 Å². The van der Waals surface area contributed by atoms with Crippen molar-refractivity contribution in [1.29, 1.82) is 0 Å². The molecule has 11 heteroatoms. The first-order valence-electron chi connectivity index (χ1n) is 13.4. The molecular weight excluding hydrogens is 532 g/mol. The SMILES string of the molecule is C/C=C(/C)C(=O)OC[C@H]1C2=C(C[C@H]3[C@@H]4C5=C(C[C@H](C(=O)N13)N4C)C(=O)C(C)=C(OC)C5=O)C(=O)C(C)=C(OC)C2=O. The van der Waals surface area contributed by atoms with E-state index < -0.39 is 47.5 Å². The number of amides is 1. The van der Waals surface area contributed by atoms with Gasteiger partial charge in [-0.15, -0.1) is 0 Å². The number of rotatable bonds is 5. The molecule has 0 radical (unpaired) electrons. The summed E-state index contributed by atoms with van der Waals surface area (Å²) in [6.45, 7) is 5.89. The summed E-state index contributed by atoms with van der Waals surface area (Å²) >= 11 is 0. The Morgan fingerprint density at radius 3 is 1.95 bits per heavy atom. The zero-order valence-corrected chi connectivity index (χ0v) is 24.1. The quantitative estimate of drug-likeness (QED) is 0.273. The number of carbonyl (C=O) groups is 6. The van der Waals surface area contributed by atoms with Gasteiger partial charge in [0, 0.05) is 45.4 Å². The van der Waals surface area contributed by atoms with Crippen molar-refractivity contribution in [3.8, 4) is 0 Å².